The Morgan fingerprint density at radius 1 is 1.33 bits per heavy atom. The SMILES string of the molecule is CCC(CC)(CO)CNC(=O)c1cc(C)cc([N+](=O)[O-])c1. The van der Waals surface area contributed by atoms with E-state index in [0.29, 0.717) is 12.1 Å². The van der Waals surface area contributed by atoms with E-state index in [4.69, 9.17) is 0 Å². The van der Waals surface area contributed by atoms with Gasteiger partial charge in [0.05, 0.1) is 11.5 Å². The van der Waals surface area contributed by atoms with Crippen LogP contribution in [-0.4, -0.2) is 29.1 Å². The molecule has 1 rings (SSSR count). The van der Waals surface area contributed by atoms with Gasteiger partial charge in [-0.1, -0.05) is 13.8 Å². The molecule has 0 bridgehead atoms. The van der Waals surface area contributed by atoms with Gasteiger partial charge < -0.3 is 10.4 Å². The zero-order valence-electron chi connectivity index (χ0n) is 12.7. The van der Waals surface area contributed by atoms with E-state index in [9.17, 15) is 20.0 Å². The van der Waals surface area contributed by atoms with E-state index in [2.05, 4.69) is 5.32 Å². The number of nitro groups is 1. The van der Waals surface area contributed by atoms with Crippen molar-refractivity contribution in [2.45, 2.75) is 33.6 Å². The zero-order valence-corrected chi connectivity index (χ0v) is 12.7. The molecule has 0 spiro atoms. The highest BCUT2D eigenvalue weighted by molar-refractivity contribution is 5.95. The van der Waals surface area contributed by atoms with Crippen LogP contribution in [0.5, 0.6) is 0 Å². The number of aryl methyl sites for hydroxylation is 1. The van der Waals surface area contributed by atoms with Crippen molar-refractivity contribution in [1.29, 1.82) is 0 Å². The number of hydrogen-bond donors (Lipinski definition) is 2. The lowest BCUT2D eigenvalue weighted by Crippen LogP contribution is -2.39. The standard InChI is InChI=1S/C15H22N2O4/c1-4-15(5-2,10-18)9-16-14(19)12-6-11(3)7-13(8-12)17(20)21/h6-8,18H,4-5,9-10H2,1-3H3,(H,16,19). The summed E-state index contributed by atoms with van der Waals surface area (Å²) in [7, 11) is 0. The molecule has 21 heavy (non-hydrogen) atoms. The molecule has 6 heteroatoms. The van der Waals surface area contributed by atoms with Gasteiger partial charge in [-0.3, -0.25) is 14.9 Å². The molecule has 0 saturated heterocycles. The van der Waals surface area contributed by atoms with E-state index in [1.54, 1.807) is 13.0 Å². The van der Waals surface area contributed by atoms with E-state index >= 15 is 0 Å². The molecule has 0 unspecified atom stereocenters. The molecular formula is C15H22N2O4. The summed E-state index contributed by atoms with van der Waals surface area (Å²) in [4.78, 5) is 22.5. The number of nitro benzene ring substituents is 1. The molecule has 0 saturated carbocycles. The van der Waals surface area contributed by atoms with Gasteiger partial charge in [0.2, 0.25) is 0 Å². The number of rotatable bonds is 7. The molecule has 0 aliphatic heterocycles. The fourth-order valence-corrected chi connectivity index (χ4v) is 2.15. The van der Waals surface area contributed by atoms with Crippen LogP contribution >= 0.6 is 0 Å². The molecule has 0 heterocycles. The predicted octanol–water partition coefficient (Wildman–Crippen LogP) is 2.43. The molecule has 0 aromatic heterocycles. The molecule has 1 aromatic rings. The maximum atomic E-state index is 12.2. The Labute approximate surface area is 124 Å². The number of aliphatic hydroxyl groups is 1. The molecule has 6 nitrogen and oxygen atoms in total. The fourth-order valence-electron chi connectivity index (χ4n) is 2.15. The smallest absolute Gasteiger partial charge is 0.270 e. The van der Waals surface area contributed by atoms with Crippen molar-refractivity contribution in [3.05, 3.63) is 39.4 Å². The molecule has 0 fully saturated rings. The van der Waals surface area contributed by atoms with Gasteiger partial charge in [-0.25, -0.2) is 0 Å². The van der Waals surface area contributed by atoms with Crippen LogP contribution in [-0.2, 0) is 0 Å². The molecule has 0 atom stereocenters. The Bertz CT molecular complexity index is 516. The monoisotopic (exact) mass is 294 g/mol. The van der Waals surface area contributed by atoms with Gasteiger partial charge in [0, 0.05) is 29.7 Å². The van der Waals surface area contributed by atoms with Crippen molar-refractivity contribution in [2.75, 3.05) is 13.2 Å². The van der Waals surface area contributed by atoms with Crippen molar-refractivity contribution in [3.63, 3.8) is 0 Å². The second-order valence-corrected chi connectivity index (χ2v) is 5.36. The molecule has 0 aliphatic rings. The van der Waals surface area contributed by atoms with Gasteiger partial charge >= 0.3 is 0 Å². The minimum absolute atomic E-state index is 0.00571. The van der Waals surface area contributed by atoms with Gasteiger partial charge in [-0.2, -0.15) is 0 Å². The Kier molecular flexibility index (Phi) is 5.84. The zero-order chi connectivity index (χ0) is 16.0. The number of carbonyl (C=O) groups excluding carboxylic acids is 1. The quantitative estimate of drug-likeness (QED) is 0.596. The number of nitrogens with zero attached hydrogens (tertiary/aromatic N) is 1. The summed E-state index contributed by atoms with van der Waals surface area (Å²) in [5.74, 6) is -0.360. The summed E-state index contributed by atoms with van der Waals surface area (Å²) in [6.45, 7) is 5.97. The number of amides is 1. The topological polar surface area (TPSA) is 92.5 Å². The van der Waals surface area contributed by atoms with Crippen molar-refractivity contribution < 1.29 is 14.8 Å². The summed E-state index contributed by atoms with van der Waals surface area (Å²) < 4.78 is 0. The van der Waals surface area contributed by atoms with E-state index in [-0.39, 0.29) is 29.2 Å². The van der Waals surface area contributed by atoms with E-state index in [1.165, 1.54) is 12.1 Å². The third-order valence-corrected chi connectivity index (χ3v) is 3.99. The average molecular weight is 294 g/mol. The van der Waals surface area contributed by atoms with Gasteiger partial charge in [0.15, 0.2) is 0 Å². The normalized spacial score (nSPS) is 11.2. The lowest BCUT2D eigenvalue weighted by molar-refractivity contribution is -0.384. The lowest BCUT2D eigenvalue weighted by atomic mass is 9.83. The Morgan fingerprint density at radius 2 is 1.95 bits per heavy atom. The summed E-state index contributed by atoms with van der Waals surface area (Å²) in [6.07, 6.45) is 1.49. The number of non-ortho nitro benzene ring substituents is 1. The Balaban J connectivity index is 2.87. The first-order chi connectivity index (χ1) is 9.87. The van der Waals surface area contributed by atoms with E-state index in [1.807, 2.05) is 13.8 Å². The fraction of sp³-hybridized carbons (Fsp3) is 0.533. The maximum Gasteiger partial charge on any atom is 0.270 e. The predicted molar refractivity (Wildman–Crippen MR) is 80.3 cm³/mol. The lowest BCUT2D eigenvalue weighted by Gasteiger charge is -2.29. The first-order valence-corrected chi connectivity index (χ1v) is 7.02. The first-order valence-electron chi connectivity index (χ1n) is 7.02. The Hall–Kier alpha value is -1.95. The van der Waals surface area contributed by atoms with Crippen LogP contribution in [0.4, 0.5) is 5.69 Å². The molecule has 116 valence electrons. The van der Waals surface area contributed by atoms with Crippen molar-refractivity contribution >= 4 is 11.6 Å². The summed E-state index contributed by atoms with van der Waals surface area (Å²) in [6, 6.07) is 4.30. The Morgan fingerprint density at radius 3 is 2.43 bits per heavy atom. The van der Waals surface area contributed by atoms with Crippen LogP contribution in [0.2, 0.25) is 0 Å². The number of carbonyl (C=O) groups is 1. The van der Waals surface area contributed by atoms with Gasteiger partial charge in [-0.15, -0.1) is 0 Å². The average Bonchev–Trinajstić information content (AvgIpc) is 2.48. The summed E-state index contributed by atoms with van der Waals surface area (Å²) in [5.41, 5.74) is 0.486. The largest absolute Gasteiger partial charge is 0.396 e. The van der Waals surface area contributed by atoms with Crippen LogP contribution in [0, 0.1) is 22.5 Å². The number of benzene rings is 1. The van der Waals surface area contributed by atoms with Gasteiger partial charge in [0.25, 0.3) is 11.6 Å². The number of nitrogens with one attached hydrogen (secondary N) is 1. The molecular weight excluding hydrogens is 272 g/mol. The molecule has 1 amide bonds. The number of hydrogen-bond acceptors (Lipinski definition) is 4. The summed E-state index contributed by atoms with van der Waals surface area (Å²) in [5, 5.41) is 23.1. The van der Waals surface area contributed by atoms with Crippen LogP contribution in [0.1, 0.15) is 42.6 Å². The highest BCUT2D eigenvalue weighted by Gasteiger charge is 2.26. The second-order valence-electron chi connectivity index (χ2n) is 5.36. The molecule has 0 aliphatic carbocycles. The molecule has 2 N–H and O–H groups in total. The third-order valence-electron chi connectivity index (χ3n) is 3.99. The molecule has 1 aromatic carbocycles. The van der Waals surface area contributed by atoms with Crippen LogP contribution < -0.4 is 5.32 Å². The highest BCUT2D eigenvalue weighted by Crippen LogP contribution is 2.24. The minimum atomic E-state index is -0.514. The van der Waals surface area contributed by atoms with E-state index < -0.39 is 4.92 Å². The van der Waals surface area contributed by atoms with Crippen molar-refractivity contribution in [2.24, 2.45) is 5.41 Å². The third kappa shape index (κ3) is 4.26. The van der Waals surface area contributed by atoms with E-state index in [0.717, 1.165) is 12.8 Å². The molecule has 0 radical (unpaired) electrons. The maximum absolute atomic E-state index is 12.2. The second kappa shape index (κ2) is 7.17. The van der Waals surface area contributed by atoms with Gasteiger partial charge in [-0.05, 0) is 31.4 Å². The van der Waals surface area contributed by atoms with Crippen LogP contribution in [0.3, 0.4) is 0 Å². The summed E-state index contributed by atoms with van der Waals surface area (Å²) >= 11 is 0. The van der Waals surface area contributed by atoms with Crippen molar-refractivity contribution in [3.8, 4) is 0 Å². The highest BCUT2D eigenvalue weighted by atomic mass is 16.6. The van der Waals surface area contributed by atoms with Crippen molar-refractivity contribution in [1.82, 2.24) is 5.32 Å². The van der Waals surface area contributed by atoms with Crippen LogP contribution in [0.15, 0.2) is 18.2 Å². The minimum Gasteiger partial charge on any atom is -0.396 e. The van der Waals surface area contributed by atoms with Crippen LogP contribution in [0.25, 0.3) is 0 Å². The number of aliphatic hydroxyl groups excluding tert-OH is 1. The van der Waals surface area contributed by atoms with Gasteiger partial charge in [0.1, 0.15) is 0 Å². The first kappa shape index (κ1) is 17.1.